The minimum Gasteiger partial charge on any atom is -0.454 e. The summed E-state index contributed by atoms with van der Waals surface area (Å²) in [5.74, 6) is 2.39. The van der Waals surface area contributed by atoms with Gasteiger partial charge in [0.25, 0.3) is 0 Å². The first-order chi connectivity index (χ1) is 11.0. The Balaban J connectivity index is 0.00000288. The average molecular weight is 449 g/mol. The molecule has 1 aromatic rings. The molecule has 0 amide bonds. The molecular formula is C17H28IN3O3. The van der Waals surface area contributed by atoms with Crippen LogP contribution in [0, 0.1) is 0 Å². The average Bonchev–Trinajstić information content (AvgIpc) is 2.99. The lowest BCUT2D eigenvalue weighted by molar-refractivity contribution is 0.174. The Morgan fingerprint density at radius 2 is 2.04 bits per heavy atom. The molecule has 1 heterocycles. The number of methoxy groups -OCH3 is 1. The van der Waals surface area contributed by atoms with E-state index in [9.17, 15) is 0 Å². The molecule has 0 radical (unpaired) electrons. The molecule has 1 atom stereocenters. The van der Waals surface area contributed by atoms with Gasteiger partial charge in [-0.25, -0.2) is 0 Å². The van der Waals surface area contributed by atoms with E-state index in [0.717, 1.165) is 24.0 Å². The molecule has 2 rings (SSSR count). The maximum absolute atomic E-state index is 5.47. The Morgan fingerprint density at radius 1 is 1.33 bits per heavy atom. The third kappa shape index (κ3) is 5.41. The number of guanidine groups is 1. The molecule has 0 fully saturated rings. The first kappa shape index (κ1) is 20.8. The van der Waals surface area contributed by atoms with E-state index in [1.807, 2.05) is 12.1 Å². The van der Waals surface area contributed by atoms with E-state index < -0.39 is 0 Å². The summed E-state index contributed by atoms with van der Waals surface area (Å²) in [5.41, 5.74) is 1.11. The summed E-state index contributed by atoms with van der Waals surface area (Å²) in [6.07, 6.45) is 0. The van der Waals surface area contributed by atoms with Crippen LogP contribution in [0.4, 0.5) is 0 Å². The Morgan fingerprint density at radius 3 is 2.71 bits per heavy atom. The molecule has 7 heteroatoms. The SMILES string of the molecule is CN=C(NCC(C)(C)c1ccc2c(c1)OCO2)NC(C)COC.I. The molecule has 24 heavy (non-hydrogen) atoms. The summed E-state index contributed by atoms with van der Waals surface area (Å²) in [5, 5.41) is 6.68. The molecule has 1 aromatic carbocycles. The number of rotatable bonds is 6. The predicted octanol–water partition coefficient (Wildman–Crippen LogP) is 2.51. The quantitative estimate of drug-likeness (QED) is 0.397. The van der Waals surface area contributed by atoms with Crippen molar-refractivity contribution >= 4 is 29.9 Å². The van der Waals surface area contributed by atoms with Crippen LogP contribution in [0.1, 0.15) is 26.3 Å². The molecular weight excluding hydrogens is 421 g/mol. The smallest absolute Gasteiger partial charge is 0.231 e. The van der Waals surface area contributed by atoms with Gasteiger partial charge in [-0.2, -0.15) is 0 Å². The largest absolute Gasteiger partial charge is 0.454 e. The summed E-state index contributed by atoms with van der Waals surface area (Å²) in [6.45, 7) is 8.09. The minimum absolute atomic E-state index is 0. The molecule has 2 N–H and O–H groups in total. The second kappa shape index (κ2) is 9.31. The standard InChI is InChI=1S/C17H27N3O3.HI/c1-12(9-21-5)20-16(18-4)19-10-17(2,3)13-6-7-14-15(8-13)23-11-22-14;/h6-8,12H,9-11H2,1-5H3,(H2,18,19,20);1H. The van der Waals surface area contributed by atoms with E-state index in [0.29, 0.717) is 13.4 Å². The maximum atomic E-state index is 5.47. The lowest BCUT2D eigenvalue weighted by Gasteiger charge is -2.27. The highest BCUT2D eigenvalue weighted by Gasteiger charge is 2.24. The Labute approximate surface area is 161 Å². The number of hydrogen-bond donors (Lipinski definition) is 2. The van der Waals surface area contributed by atoms with Gasteiger partial charge >= 0.3 is 0 Å². The van der Waals surface area contributed by atoms with Crippen molar-refractivity contribution in [1.29, 1.82) is 0 Å². The van der Waals surface area contributed by atoms with Gasteiger partial charge in [0.1, 0.15) is 0 Å². The molecule has 1 aliphatic heterocycles. The molecule has 0 aromatic heterocycles. The van der Waals surface area contributed by atoms with Gasteiger partial charge in [0, 0.05) is 32.2 Å². The number of nitrogens with zero attached hydrogens (tertiary/aromatic N) is 1. The second-order valence-electron chi connectivity index (χ2n) is 6.38. The molecule has 0 saturated carbocycles. The van der Waals surface area contributed by atoms with Crippen LogP contribution in [0.2, 0.25) is 0 Å². The van der Waals surface area contributed by atoms with Crippen LogP contribution >= 0.6 is 24.0 Å². The highest BCUT2D eigenvalue weighted by molar-refractivity contribution is 14.0. The summed E-state index contributed by atoms with van der Waals surface area (Å²) in [6, 6.07) is 6.29. The summed E-state index contributed by atoms with van der Waals surface area (Å²) in [7, 11) is 3.46. The van der Waals surface area contributed by atoms with Gasteiger partial charge in [-0.1, -0.05) is 19.9 Å². The molecule has 1 aliphatic rings. The van der Waals surface area contributed by atoms with Crippen LogP contribution < -0.4 is 20.1 Å². The van der Waals surface area contributed by atoms with E-state index in [2.05, 4.69) is 42.5 Å². The second-order valence-corrected chi connectivity index (χ2v) is 6.38. The Bertz CT molecular complexity index is 564. The van der Waals surface area contributed by atoms with Crippen molar-refractivity contribution in [3.05, 3.63) is 23.8 Å². The first-order valence-corrected chi connectivity index (χ1v) is 7.82. The number of fused-ring (bicyclic) bond motifs is 1. The maximum Gasteiger partial charge on any atom is 0.231 e. The monoisotopic (exact) mass is 449 g/mol. The fourth-order valence-electron chi connectivity index (χ4n) is 2.44. The highest BCUT2D eigenvalue weighted by Crippen LogP contribution is 2.36. The number of benzene rings is 1. The predicted molar refractivity (Wildman–Crippen MR) is 107 cm³/mol. The van der Waals surface area contributed by atoms with Crippen LogP contribution in [0.25, 0.3) is 0 Å². The number of halogens is 1. The van der Waals surface area contributed by atoms with Crippen LogP contribution in [0.3, 0.4) is 0 Å². The van der Waals surface area contributed by atoms with E-state index in [-0.39, 0.29) is 35.4 Å². The molecule has 0 aliphatic carbocycles. The van der Waals surface area contributed by atoms with Gasteiger partial charge in [0.2, 0.25) is 6.79 Å². The van der Waals surface area contributed by atoms with Crippen LogP contribution in [0.5, 0.6) is 11.5 Å². The van der Waals surface area contributed by atoms with Crippen molar-refractivity contribution in [2.75, 3.05) is 34.1 Å². The van der Waals surface area contributed by atoms with Crippen LogP contribution in [0.15, 0.2) is 23.2 Å². The van der Waals surface area contributed by atoms with Crippen LogP contribution in [-0.4, -0.2) is 46.1 Å². The van der Waals surface area contributed by atoms with E-state index in [1.54, 1.807) is 14.2 Å². The molecule has 0 bridgehead atoms. The fourth-order valence-corrected chi connectivity index (χ4v) is 2.44. The summed E-state index contributed by atoms with van der Waals surface area (Å²) in [4.78, 5) is 4.26. The van der Waals surface area contributed by atoms with Crippen molar-refractivity contribution in [2.45, 2.75) is 32.2 Å². The van der Waals surface area contributed by atoms with Crippen molar-refractivity contribution in [3.63, 3.8) is 0 Å². The van der Waals surface area contributed by atoms with Crippen molar-refractivity contribution in [3.8, 4) is 11.5 Å². The van der Waals surface area contributed by atoms with E-state index in [1.165, 1.54) is 5.56 Å². The molecule has 136 valence electrons. The molecule has 6 nitrogen and oxygen atoms in total. The number of nitrogens with one attached hydrogen (secondary N) is 2. The van der Waals surface area contributed by atoms with Gasteiger partial charge in [-0.3, -0.25) is 4.99 Å². The summed E-state index contributed by atoms with van der Waals surface area (Å²) >= 11 is 0. The highest BCUT2D eigenvalue weighted by atomic mass is 127. The lowest BCUT2D eigenvalue weighted by atomic mass is 9.84. The molecule has 0 spiro atoms. The summed E-state index contributed by atoms with van der Waals surface area (Å²) < 4.78 is 16.0. The Kier molecular flexibility index (Phi) is 8.08. The van der Waals surface area contributed by atoms with E-state index in [4.69, 9.17) is 14.2 Å². The number of hydrogen-bond acceptors (Lipinski definition) is 4. The van der Waals surface area contributed by atoms with E-state index >= 15 is 0 Å². The zero-order valence-corrected chi connectivity index (χ0v) is 17.3. The molecule has 1 unspecified atom stereocenters. The van der Waals surface area contributed by atoms with Crippen molar-refractivity contribution in [1.82, 2.24) is 10.6 Å². The topological polar surface area (TPSA) is 64.1 Å². The van der Waals surface area contributed by atoms with Gasteiger partial charge in [0.05, 0.1) is 6.61 Å². The van der Waals surface area contributed by atoms with Gasteiger partial charge in [-0.05, 0) is 24.6 Å². The third-order valence-corrected chi connectivity index (χ3v) is 3.88. The zero-order chi connectivity index (χ0) is 16.9. The normalized spacial score (nSPS) is 14.8. The van der Waals surface area contributed by atoms with Crippen molar-refractivity contribution < 1.29 is 14.2 Å². The van der Waals surface area contributed by atoms with Gasteiger partial charge in [-0.15, -0.1) is 24.0 Å². The molecule has 0 saturated heterocycles. The van der Waals surface area contributed by atoms with Gasteiger partial charge in [0.15, 0.2) is 17.5 Å². The van der Waals surface area contributed by atoms with Crippen molar-refractivity contribution in [2.24, 2.45) is 4.99 Å². The Hall–Kier alpha value is -1.22. The zero-order valence-electron chi connectivity index (χ0n) is 15.0. The van der Waals surface area contributed by atoms with Gasteiger partial charge < -0.3 is 24.8 Å². The van der Waals surface area contributed by atoms with Crippen LogP contribution in [-0.2, 0) is 10.2 Å². The minimum atomic E-state index is -0.0803. The lowest BCUT2D eigenvalue weighted by Crippen LogP contribution is -2.47. The fraction of sp³-hybridized carbons (Fsp3) is 0.588. The number of ether oxygens (including phenoxy) is 3. The number of aliphatic imine (C=N–C) groups is 1. The first-order valence-electron chi connectivity index (χ1n) is 7.82. The third-order valence-electron chi connectivity index (χ3n) is 3.88.